The average Bonchev–Trinajstić information content (AvgIpc) is 2.43. The number of carbonyl (C=O) groups excluding carboxylic acids is 1. The third-order valence-corrected chi connectivity index (χ3v) is 3.04. The largest absolute Gasteiger partial charge is 0.397 e. The van der Waals surface area contributed by atoms with Gasteiger partial charge in [-0.2, -0.15) is 0 Å². The highest BCUT2D eigenvalue weighted by Gasteiger charge is 2.10. The van der Waals surface area contributed by atoms with Gasteiger partial charge in [0.1, 0.15) is 5.82 Å². The molecule has 0 radical (unpaired) electrons. The van der Waals surface area contributed by atoms with E-state index in [9.17, 15) is 4.79 Å². The molecule has 98 valence electrons. The van der Waals surface area contributed by atoms with Gasteiger partial charge in [0.15, 0.2) is 0 Å². The number of aromatic nitrogens is 1. The van der Waals surface area contributed by atoms with Crippen LogP contribution in [0.2, 0.25) is 0 Å². The van der Waals surface area contributed by atoms with Gasteiger partial charge in [0, 0.05) is 5.56 Å². The molecular weight excluding hydrogens is 238 g/mol. The zero-order valence-electron chi connectivity index (χ0n) is 11.1. The first-order valence-electron chi connectivity index (χ1n) is 6.23. The lowest BCUT2D eigenvalue weighted by molar-refractivity contribution is 0.102. The maximum absolute atomic E-state index is 12.2. The Kier molecular flexibility index (Phi) is 3.80. The molecule has 1 amide bonds. The van der Waals surface area contributed by atoms with Crippen LogP contribution < -0.4 is 11.1 Å². The number of benzene rings is 1. The molecule has 0 aliphatic carbocycles. The van der Waals surface area contributed by atoms with Gasteiger partial charge >= 0.3 is 0 Å². The van der Waals surface area contributed by atoms with E-state index in [-0.39, 0.29) is 5.91 Å². The monoisotopic (exact) mass is 255 g/mol. The summed E-state index contributed by atoms with van der Waals surface area (Å²) in [6.45, 7) is 3.91. The number of pyridine rings is 1. The standard InChI is InChI=1S/C15H17N3O/c1-3-11-6-4-5-7-12(11)15(19)18-14-8-10(2)13(16)9-17-14/h4-9H,3,16H2,1-2H3,(H,17,18,19). The predicted molar refractivity (Wildman–Crippen MR) is 77.2 cm³/mol. The van der Waals surface area contributed by atoms with Gasteiger partial charge in [-0.25, -0.2) is 4.98 Å². The van der Waals surface area contributed by atoms with Crippen molar-refractivity contribution in [2.45, 2.75) is 20.3 Å². The van der Waals surface area contributed by atoms with E-state index < -0.39 is 0 Å². The molecule has 0 fully saturated rings. The van der Waals surface area contributed by atoms with Crippen molar-refractivity contribution in [3.63, 3.8) is 0 Å². The fourth-order valence-electron chi connectivity index (χ4n) is 1.87. The molecule has 3 N–H and O–H groups in total. The lowest BCUT2D eigenvalue weighted by Crippen LogP contribution is -2.15. The van der Waals surface area contributed by atoms with E-state index in [0.717, 1.165) is 17.5 Å². The van der Waals surface area contributed by atoms with Gasteiger partial charge in [0.2, 0.25) is 0 Å². The summed E-state index contributed by atoms with van der Waals surface area (Å²) in [7, 11) is 0. The molecule has 0 spiro atoms. The second kappa shape index (κ2) is 5.52. The second-order valence-corrected chi connectivity index (χ2v) is 4.39. The van der Waals surface area contributed by atoms with Crippen LogP contribution in [0.3, 0.4) is 0 Å². The van der Waals surface area contributed by atoms with Crippen molar-refractivity contribution in [2.75, 3.05) is 11.1 Å². The normalized spacial score (nSPS) is 10.2. The van der Waals surface area contributed by atoms with Crippen LogP contribution in [0.5, 0.6) is 0 Å². The Labute approximate surface area is 112 Å². The minimum atomic E-state index is -0.144. The molecule has 0 bridgehead atoms. The number of nitrogen functional groups attached to an aromatic ring is 1. The number of anilines is 2. The first kappa shape index (κ1) is 13.1. The number of hydrogen-bond acceptors (Lipinski definition) is 3. The van der Waals surface area contributed by atoms with Crippen LogP contribution in [-0.2, 0) is 6.42 Å². The second-order valence-electron chi connectivity index (χ2n) is 4.39. The number of nitrogens with zero attached hydrogens (tertiary/aromatic N) is 1. The van der Waals surface area contributed by atoms with Crippen LogP contribution in [-0.4, -0.2) is 10.9 Å². The lowest BCUT2D eigenvalue weighted by atomic mass is 10.0. The van der Waals surface area contributed by atoms with Crippen LogP contribution in [0.15, 0.2) is 36.5 Å². The zero-order valence-corrected chi connectivity index (χ0v) is 11.1. The Morgan fingerprint density at radius 2 is 2.11 bits per heavy atom. The summed E-state index contributed by atoms with van der Waals surface area (Å²) in [6.07, 6.45) is 2.37. The van der Waals surface area contributed by atoms with Crippen LogP contribution in [0.1, 0.15) is 28.4 Å². The van der Waals surface area contributed by atoms with E-state index in [0.29, 0.717) is 17.1 Å². The van der Waals surface area contributed by atoms with Crippen LogP contribution in [0, 0.1) is 6.92 Å². The van der Waals surface area contributed by atoms with Gasteiger partial charge in [-0.1, -0.05) is 25.1 Å². The smallest absolute Gasteiger partial charge is 0.257 e. The molecule has 0 atom stereocenters. The molecule has 2 rings (SSSR count). The number of hydrogen-bond donors (Lipinski definition) is 2. The number of carbonyl (C=O) groups is 1. The van der Waals surface area contributed by atoms with Crippen LogP contribution in [0.4, 0.5) is 11.5 Å². The summed E-state index contributed by atoms with van der Waals surface area (Å²) >= 11 is 0. The molecular formula is C15H17N3O. The summed E-state index contributed by atoms with van der Waals surface area (Å²) in [4.78, 5) is 16.3. The summed E-state index contributed by atoms with van der Waals surface area (Å²) in [6, 6.07) is 9.33. The van der Waals surface area contributed by atoms with Gasteiger partial charge in [-0.15, -0.1) is 0 Å². The molecule has 4 heteroatoms. The van der Waals surface area contributed by atoms with E-state index in [1.165, 1.54) is 0 Å². The first-order chi connectivity index (χ1) is 9.11. The highest BCUT2D eigenvalue weighted by molar-refractivity contribution is 6.04. The highest BCUT2D eigenvalue weighted by Crippen LogP contribution is 2.15. The van der Waals surface area contributed by atoms with Gasteiger partial charge in [-0.05, 0) is 36.6 Å². The summed E-state index contributed by atoms with van der Waals surface area (Å²) in [5.41, 5.74) is 8.92. The molecule has 2 aromatic rings. The van der Waals surface area contributed by atoms with E-state index in [1.807, 2.05) is 38.1 Å². The highest BCUT2D eigenvalue weighted by atomic mass is 16.1. The number of nitrogens with one attached hydrogen (secondary N) is 1. The van der Waals surface area contributed by atoms with Gasteiger partial charge in [0.25, 0.3) is 5.91 Å². The third kappa shape index (κ3) is 2.91. The van der Waals surface area contributed by atoms with E-state index in [4.69, 9.17) is 5.73 Å². The lowest BCUT2D eigenvalue weighted by Gasteiger charge is -2.09. The number of nitrogens with two attached hydrogens (primary N) is 1. The van der Waals surface area contributed by atoms with Crippen molar-refractivity contribution in [3.8, 4) is 0 Å². The fraction of sp³-hybridized carbons (Fsp3) is 0.200. The molecule has 0 aliphatic heterocycles. The first-order valence-corrected chi connectivity index (χ1v) is 6.23. The Morgan fingerprint density at radius 3 is 2.79 bits per heavy atom. The fourth-order valence-corrected chi connectivity index (χ4v) is 1.87. The summed E-state index contributed by atoms with van der Waals surface area (Å²) in [5.74, 6) is 0.372. The topological polar surface area (TPSA) is 68.0 Å². The molecule has 0 aliphatic rings. The van der Waals surface area contributed by atoms with Crippen LogP contribution >= 0.6 is 0 Å². The van der Waals surface area contributed by atoms with Crippen molar-refractivity contribution >= 4 is 17.4 Å². The zero-order chi connectivity index (χ0) is 13.8. The van der Waals surface area contributed by atoms with E-state index >= 15 is 0 Å². The number of rotatable bonds is 3. The molecule has 0 saturated heterocycles. The SMILES string of the molecule is CCc1ccccc1C(=O)Nc1cc(C)c(N)cn1. The maximum atomic E-state index is 12.2. The molecule has 4 nitrogen and oxygen atoms in total. The van der Waals surface area contributed by atoms with Gasteiger partial charge in [0.05, 0.1) is 11.9 Å². The van der Waals surface area contributed by atoms with Crippen molar-refractivity contribution < 1.29 is 4.79 Å². The number of amides is 1. The molecule has 1 aromatic carbocycles. The van der Waals surface area contributed by atoms with Crippen molar-refractivity contribution in [1.29, 1.82) is 0 Å². The summed E-state index contributed by atoms with van der Waals surface area (Å²) < 4.78 is 0. The Morgan fingerprint density at radius 1 is 1.37 bits per heavy atom. The molecule has 0 unspecified atom stereocenters. The molecule has 1 aromatic heterocycles. The average molecular weight is 255 g/mol. The maximum Gasteiger partial charge on any atom is 0.257 e. The Hall–Kier alpha value is -2.36. The van der Waals surface area contributed by atoms with E-state index in [1.54, 1.807) is 12.3 Å². The van der Waals surface area contributed by atoms with Crippen molar-refractivity contribution in [3.05, 3.63) is 53.2 Å². The Bertz CT molecular complexity index is 608. The molecule has 1 heterocycles. The van der Waals surface area contributed by atoms with Crippen molar-refractivity contribution in [2.24, 2.45) is 0 Å². The number of aryl methyl sites for hydroxylation is 2. The molecule has 19 heavy (non-hydrogen) atoms. The minimum absolute atomic E-state index is 0.144. The molecule has 0 saturated carbocycles. The Balaban J connectivity index is 2.23. The summed E-state index contributed by atoms with van der Waals surface area (Å²) in [5, 5.41) is 2.80. The van der Waals surface area contributed by atoms with Gasteiger partial charge in [-0.3, -0.25) is 4.79 Å². The van der Waals surface area contributed by atoms with Crippen LogP contribution in [0.25, 0.3) is 0 Å². The van der Waals surface area contributed by atoms with Gasteiger partial charge < -0.3 is 11.1 Å². The predicted octanol–water partition coefficient (Wildman–Crippen LogP) is 2.79. The third-order valence-electron chi connectivity index (χ3n) is 3.04. The quantitative estimate of drug-likeness (QED) is 0.886. The van der Waals surface area contributed by atoms with Crippen molar-refractivity contribution in [1.82, 2.24) is 4.98 Å². The van der Waals surface area contributed by atoms with E-state index in [2.05, 4.69) is 10.3 Å². The minimum Gasteiger partial charge on any atom is -0.397 e.